The quantitative estimate of drug-likeness (QED) is 0.722. The number of carbonyl (C=O) groups is 1. The number of carboxylic acid groups (broad SMARTS) is 1. The van der Waals surface area contributed by atoms with Gasteiger partial charge in [-0.2, -0.15) is 0 Å². The number of aliphatic carboxylic acids is 1. The van der Waals surface area contributed by atoms with Crippen LogP contribution in [0.15, 0.2) is 0 Å². The molecule has 1 rings (SSSR count). The van der Waals surface area contributed by atoms with E-state index in [9.17, 15) is 4.79 Å². The highest BCUT2D eigenvalue weighted by molar-refractivity contribution is 5.78. The van der Waals surface area contributed by atoms with Crippen LogP contribution in [0.2, 0.25) is 0 Å². The second kappa shape index (κ2) is 6.21. The number of carboxylic acids is 1. The highest BCUT2D eigenvalue weighted by Gasteiger charge is 2.31. The van der Waals surface area contributed by atoms with Crippen molar-refractivity contribution >= 4 is 5.97 Å². The molecule has 0 aliphatic carbocycles. The molecular weight excluding hydrogens is 204 g/mol. The summed E-state index contributed by atoms with van der Waals surface area (Å²) in [7, 11) is 0. The van der Waals surface area contributed by atoms with E-state index >= 15 is 0 Å². The van der Waals surface area contributed by atoms with Crippen molar-refractivity contribution < 1.29 is 9.90 Å². The number of nitrogens with zero attached hydrogens (tertiary/aromatic N) is 1. The Morgan fingerprint density at radius 1 is 1.38 bits per heavy atom. The highest BCUT2D eigenvalue weighted by atomic mass is 16.4. The molecule has 1 saturated heterocycles. The van der Waals surface area contributed by atoms with Crippen molar-refractivity contribution in [1.29, 1.82) is 0 Å². The van der Waals surface area contributed by atoms with Gasteiger partial charge in [0.1, 0.15) is 5.54 Å². The number of hydrogen-bond donors (Lipinski definition) is 2. The molecule has 0 radical (unpaired) electrons. The smallest absolute Gasteiger partial charge is 0.323 e. The molecule has 1 fully saturated rings. The van der Waals surface area contributed by atoms with Crippen molar-refractivity contribution in [3.63, 3.8) is 0 Å². The first-order chi connectivity index (χ1) is 7.58. The third-order valence-electron chi connectivity index (χ3n) is 3.60. The van der Waals surface area contributed by atoms with E-state index in [0.29, 0.717) is 12.8 Å². The summed E-state index contributed by atoms with van der Waals surface area (Å²) in [6, 6.07) is 0. The predicted molar refractivity (Wildman–Crippen MR) is 64.4 cm³/mol. The van der Waals surface area contributed by atoms with Gasteiger partial charge in [-0.3, -0.25) is 4.79 Å². The van der Waals surface area contributed by atoms with E-state index in [1.165, 1.54) is 19.3 Å². The molecule has 1 atom stereocenters. The zero-order valence-corrected chi connectivity index (χ0v) is 10.2. The van der Waals surface area contributed by atoms with Crippen LogP contribution in [0.3, 0.4) is 0 Å². The minimum atomic E-state index is -1.02. The van der Waals surface area contributed by atoms with Gasteiger partial charge in [0.15, 0.2) is 0 Å². The minimum absolute atomic E-state index is 0.502. The van der Waals surface area contributed by atoms with E-state index in [0.717, 1.165) is 26.1 Å². The summed E-state index contributed by atoms with van der Waals surface area (Å²) in [5.41, 5.74) is 4.82. The van der Waals surface area contributed by atoms with Gasteiger partial charge < -0.3 is 15.7 Å². The van der Waals surface area contributed by atoms with Crippen molar-refractivity contribution in [2.24, 2.45) is 5.73 Å². The molecule has 1 aliphatic heterocycles. The molecule has 0 spiro atoms. The Morgan fingerprint density at radius 3 is 2.50 bits per heavy atom. The van der Waals surface area contributed by atoms with Crippen LogP contribution in [-0.2, 0) is 4.79 Å². The number of hydrogen-bond acceptors (Lipinski definition) is 3. The first-order valence-electron chi connectivity index (χ1n) is 6.33. The Balaban J connectivity index is 2.25. The van der Waals surface area contributed by atoms with Crippen molar-refractivity contribution in [3.8, 4) is 0 Å². The van der Waals surface area contributed by atoms with Crippen LogP contribution in [0.1, 0.15) is 45.4 Å². The van der Waals surface area contributed by atoms with E-state index in [1.807, 2.05) is 6.92 Å². The van der Waals surface area contributed by atoms with Crippen LogP contribution in [0.5, 0.6) is 0 Å². The Kier molecular flexibility index (Phi) is 5.22. The molecular formula is C12H24N2O2. The van der Waals surface area contributed by atoms with Gasteiger partial charge in [0.25, 0.3) is 0 Å². The summed E-state index contributed by atoms with van der Waals surface area (Å²) < 4.78 is 0. The van der Waals surface area contributed by atoms with Crippen molar-refractivity contribution in [2.45, 2.75) is 51.0 Å². The normalized spacial score (nSPS) is 21.6. The maximum Gasteiger partial charge on any atom is 0.323 e. The topological polar surface area (TPSA) is 66.6 Å². The molecule has 4 nitrogen and oxygen atoms in total. The highest BCUT2D eigenvalue weighted by Crippen LogP contribution is 2.16. The average Bonchev–Trinajstić information content (AvgIpc) is 2.30. The van der Waals surface area contributed by atoms with Crippen LogP contribution >= 0.6 is 0 Å². The van der Waals surface area contributed by atoms with E-state index in [2.05, 4.69) is 4.90 Å². The number of rotatable bonds is 6. The zero-order valence-electron chi connectivity index (χ0n) is 10.2. The van der Waals surface area contributed by atoms with E-state index < -0.39 is 11.5 Å². The van der Waals surface area contributed by atoms with Crippen molar-refractivity contribution in [1.82, 2.24) is 4.90 Å². The van der Waals surface area contributed by atoms with Gasteiger partial charge in [0.05, 0.1) is 0 Å². The molecule has 3 N–H and O–H groups in total. The lowest BCUT2D eigenvalue weighted by Gasteiger charge is -2.28. The monoisotopic (exact) mass is 228 g/mol. The van der Waals surface area contributed by atoms with E-state index in [-0.39, 0.29) is 0 Å². The third-order valence-corrected chi connectivity index (χ3v) is 3.60. The van der Waals surface area contributed by atoms with Crippen LogP contribution < -0.4 is 5.73 Å². The molecule has 0 aromatic rings. The second-order valence-electron chi connectivity index (χ2n) is 4.82. The molecule has 94 valence electrons. The molecule has 0 saturated carbocycles. The summed E-state index contributed by atoms with van der Waals surface area (Å²) >= 11 is 0. The fourth-order valence-electron chi connectivity index (χ4n) is 2.24. The maximum atomic E-state index is 11.0. The Bertz CT molecular complexity index is 227. The Hall–Kier alpha value is -0.610. The summed E-state index contributed by atoms with van der Waals surface area (Å²) in [5.74, 6) is -0.867. The standard InChI is InChI=1S/C12H24N2O2/c1-2-12(13,11(15)16)7-6-10-14-8-4-3-5-9-14/h2-10,13H2,1H3,(H,15,16). The Labute approximate surface area is 97.8 Å². The van der Waals surface area contributed by atoms with Gasteiger partial charge in [-0.1, -0.05) is 13.3 Å². The lowest BCUT2D eigenvalue weighted by Crippen LogP contribution is -2.47. The molecule has 16 heavy (non-hydrogen) atoms. The molecule has 0 bridgehead atoms. The lowest BCUT2D eigenvalue weighted by atomic mass is 9.91. The van der Waals surface area contributed by atoms with Crippen LogP contribution in [0, 0.1) is 0 Å². The first-order valence-corrected chi connectivity index (χ1v) is 6.33. The summed E-state index contributed by atoms with van der Waals surface area (Å²) in [6.45, 7) is 5.16. The fraction of sp³-hybridized carbons (Fsp3) is 0.917. The van der Waals surface area contributed by atoms with Crippen LogP contribution in [0.4, 0.5) is 0 Å². The minimum Gasteiger partial charge on any atom is -0.480 e. The summed E-state index contributed by atoms with van der Waals surface area (Å²) in [4.78, 5) is 13.4. The summed E-state index contributed by atoms with van der Waals surface area (Å²) in [6.07, 6.45) is 5.86. The van der Waals surface area contributed by atoms with Gasteiger partial charge in [0, 0.05) is 0 Å². The van der Waals surface area contributed by atoms with E-state index in [4.69, 9.17) is 10.8 Å². The van der Waals surface area contributed by atoms with Crippen molar-refractivity contribution in [2.75, 3.05) is 19.6 Å². The maximum absolute atomic E-state index is 11.0. The lowest BCUT2D eigenvalue weighted by molar-refractivity contribution is -0.143. The second-order valence-corrected chi connectivity index (χ2v) is 4.82. The third kappa shape index (κ3) is 3.76. The number of likely N-dealkylation sites (tertiary alicyclic amines) is 1. The first kappa shape index (κ1) is 13.5. The molecule has 1 unspecified atom stereocenters. The number of nitrogens with two attached hydrogens (primary N) is 1. The molecule has 4 heteroatoms. The average molecular weight is 228 g/mol. The molecule has 0 amide bonds. The fourth-order valence-corrected chi connectivity index (χ4v) is 2.24. The largest absolute Gasteiger partial charge is 0.480 e. The van der Waals surface area contributed by atoms with Crippen LogP contribution in [0.25, 0.3) is 0 Å². The SMILES string of the molecule is CCC(N)(CCCN1CCCCC1)C(=O)O. The summed E-state index contributed by atoms with van der Waals surface area (Å²) in [5, 5.41) is 9.03. The van der Waals surface area contributed by atoms with E-state index in [1.54, 1.807) is 0 Å². The van der Waals surface area contributed by atoms with Crippen LogP contribution in [-0.4, -0.2) is 41.1 Å². The molecule has 1 heterocycles. The van der Waals surface area contributed by atoms with Gasteiger partial charge in [-0.05, 0) is 51.7 Å². The number of piperidine rings is 1. The van der Waals surface area contributed by atoms with Gasteiger partial charge >= 0.3 is 5.97 Å². The predicted octanol–water partition coefficient (Wildman–Crippen LogP) is 1.44. The molecule has 0 aromatic heterocycles. The Morgan fingerprint density at radius 2 is 2.00 bits per heavy atom. The molecule has 1 aliphatic rings. The van der Waals surface area contributed by atoms with Gasteiger partial charge in [0.2, 0.25) is 0 Å². The molecule has 0 aromatic carbocycles. The van der Waals surface area contributed by atoms with Gasteiger partial charge in [-0.15, -0.1) is 0 Å². The van der Waals surface area contributed by atoms with Gasteiger partial charge in [-0.25, -0.2) is 0 Å². The zero-order chi connectivity index (χ0) is 12.0. The van der Waals surface area contributed by atoms with Crippen molar-refractivity contribution in [3.05, 3.63) is 0 Å².